The average molecular weight is 279 g/mol. The van der Waals surface area contributed by atoms with Gasteiger partial charge in [-0.15, -0.1) is 6.42 Å². The summed E-state index contributed by atoms with van der Waals surface area (Å²) in [6, 6.07) is 4.91. The van der Waals surface area contributed by atoms with Crippen molar-refractivity contribution in [2.24, 2.45) is 0 Å². The Kier molecular flexibility index (Phi) is 3.93. The predicted molar refractivity (Wildman–Crippen MR) is 71.1 cm³/mol. The van der Waals surface area contributed by atoms with Gasteiger partial charge in [0, 0.05) is 5.02 Å². The molecule has 0 aromatic heterocycles. The van der Waals surface area contributed by atoms with E-state index in [4.69, 9.17) is 22.8 Å². The molecule has 1 N–H and O–H groups in total. The van der Waals surface area contributed by atoms with Crippen LogP contribution < -0.4 is 15.0 Å². The number of nitrogens with zero attached hydrogens (tertiary/aromatic N) is 1. The van der Waals surface area contributed by atoms with Crippen LogP contribution in [0.3, 0.4) is 0 Å². The lowest BCUT2D eigenvalue weighted by molar-refractivity contribution is -0.125. The maximum absolute atomic E-state index is 11.8. The highest BCUT2D eigenvalue weighted by Gasteiger charge is 2.27. The minimum Gasteiger partial charge on any atom is -0.482 e. The number of hydrogen-bond donors (Lipinski definition) is 1. The lowest BCUT2D eigenvalue weighted by Crippen LogP contribution is -2.45. The fraction of sp³-hybridized carbons (Fsp3) is 0.231. The van der Waals surface area contributed by atoms with Crippen molar-refractivity contribution in [3.63, 3.8) is 0 Å². The molecule has 0 unspecified atom stereocenters. The van der Waals surface area contributed by atoms with E-state index in [1.807, 2.05) is 0 Å². The van der Waals surface area contributed by atoms with Gasteiger partial charge in [-0.2, -0.15) is 0 Å². The first kappa shape index (κ1) is 13.2. The summed E-state index contributed by atoms with van der Waals surface area (Å²) in [6.07, 6.45) is 5.05. The van der Waals surface area contributed by atoms with E-state index in [2.05, 4.69) is 11.2 Å². The number of carbonyl (C=O) groups is 2. The molecule has 1 heterocycles. The predicted octanol–water partition coefficient (Wildman–Crippen LogP) is 0.815. The van der Waals surface area contributed by atoms with Gasteiger partial charge in [0.1, 0.15) is 12.3 Å². The standard InChI is InChI=1S/C13H11ClN2O3/c1-2-5-15-12(17)7-16-10-6-9(14)3-4-11(10)19-8-13(16)18/h1,3-4,6H,5,7-8H2,(H,15,17). The van der Waals surface area contributed by atoms with Gasteiger partial charge in [0.2, 0.25) is 5.91 Å². The van der Waals surface area contributed by atoms with E-state index in [9.17, 15) is 9.59 Å². The first-order valence-corrected chi connectivity index (χ1v) is 5.92. The van der Waals surface area contributed by atoms with Crippen molar-refractivity contribution < 1.29 is 14.3 Å². The largest absolute Gasteiger partial charge is 0.482 e. The Hall–Kier alpha value is -2.19. The summed E-state index contributed by atoms with van der Waals surface area (Å²) in [4.78, 5) is 24.8. The molecule has 0 saturated heterocycles. The van der Waals surface area contributed by atoms with Gasteiger partial charge in [0.15, 0.2) is 6.61 Å². The number of hydrogen-bond acceptors (Lipinski definition) is 3. The van der Waals surface area contributed by atoms with Gasteiger partial charge in [-0.25, -0.2) is 0 Å². The highest BCUT2D eigenvalue weighted by Crippen LogP contribution is 2.34. The van der Waals surface area contributed by atoms with E-state index in [0.29, 0.717) is 16.5 Å². The Bertz CT molecular complexity index is 565. The fourth-order valence-corrected chi connectivity index (χ4v) is 1.86. The van der Waals surface area contributed by atoms with E-state index in [0.717, 1.165) is 0 Å². The van der Waals surface area contributed by atoms with Crippen LogP contribution in [0.2, 0.25) is 5.02 Å². The lowest BCUT2D eigenvalue weighted by atomic mass is 10.2. The molecule has 0 aliphatic carbocycles. The summed E-state index contributed by atoms with van der Waals surface area (Å²) in [5.41, 5.74) is 0.486. The number of ether oxygens (including phenoxy) is 1. The van der Waals surface area contributed by atoms with Crippen molar-refractivity contribution in [1.82, 2.24) is 5.32 Å². The van der Waals surface area contributed by atoms with E-state index < -0.39 is 0 Å². The molecule has 2 amide bonds. The Balaban J connectivity index is 2.21. The van der Waals surface area contributed by atoms with E-state index in [1.54, 1.807) is 18.2 Å². The molecule has 0 fully saturated rings. The third-order valence-corrected chi connectivity index (χ3v) is 2.79. The van der Waals surface area contributed by atoms with E-state index in [-0.39, 0.29) is 31.5 Å². The van der Waals surface area contributed by atoms with Crippen LogP contribution >= 0.6 is 11.6 Å². The summed E-state index contributed by atoms with van der Waals surface area (Å²) in [7, 11) is 0. The molecule has 2 rings (SSSR count). The summed E-state index contributed by atoms with van der Waals surface area (Å²) in [6.45, 7) is -0.0893. The SMILES string of the molecule is C#CCNC(=O)CN1C(=O)COc2ccc(Cl)cc21. The van der Waals surface area contributed by atoms with Crippen LogP contribution in [0.5, 0.6) is 5.75 Å². The fourth-order valence-electron chi connectivity index (χ4n) is 1.70. The maximum atomic E-state index is 11.8. The van der Waals surface area contributed by atoms with Gasteiger partial charge in [-0.1, -0.05) is 17.5 Å². The zero-order chi connectivity index (χ0) is 13.8. The first-order chi connectivity index (χ1) is 9.11. The van der Waals surface area contributed by atoms with Gasteiger partial charge in [-0.05, 0) is 18.2 Å². The molecule has 98 valence electrons. The molecule has 0 atom stereocenters. The van der Waals surface area contributed by atoms with Gasteiger partial charge in [0.05, 0.1) is 12.2 Å². The van der Waals surface area contributed by atoms with E-state index in [1.165, 1.54) is 4.90 Å². The molecule has 1 aromatic rings. The Morgan fingerprint density at radius 2 is 2.37 bits per heavy atom. The molecule has 6 heteroatoms. The van der Waals surface area contributed by atoms with Crippen molar-refractivity contribution in [1.29, 1.82) is 0 Å². The summed E-state index contributed by atoms with van der Waals surface area (Å²) in [5, 5.41) is 2.97. The number of anilines is 1. The van der Waals surface area contributed by atoms with Crippen molar-refractivity contribution in [2.75, 3.05) is 24.6 Å². The second-order valence-electron chi connectivity index (χ2n) is 3.86. The number of rotatable bonds is 3. The van der Waals surface area contributed by atoms with Crippen LogP contribution in [0.1, 0.15) is 0 Å². The van der Waals surface area contributed by atoms with Crippen molar-refractivity contribution in [3.8, 4) is 18.1 Å². The molecule has 1 aliphatic heterocycles. The molecule has 0 radical (unpaired) electrons. The number of nitrogens with one attached hydrogen (secondary N) is 1. The maximum Gasteiger partial charge on any atom is 0.265 e. The Morgan fingerprint density at radius 1 is 1.58 bits per heavy atom. The third-order valence-electron chi connectivity index (χ3n) is 2.55. The molecule has 0 spiro atoms. The number of fused-ring (bicyclic) bond motifs is 1. The van der Waals surface area contributed by atoms with Crippen LogP contribution in [0.25, 0.3) is 0 Å². The van der Waals surface area contributed by atoms with E-state index >= 15 is 0 Å². The van der Waals surface area contributed by atoms with Crippen molar-refractivity contribution in [3.05, 3.63) is 23.2 Å². The van der Waals surface area contributed by atoms with Crippen LogP contribution in [0.4, 0.5) is 5.69 Å². The zero-order valence-corrected chi connectivity index (χ0v) is 10.7. The van der Waals surface area contributed by atoms with Crippen molar-refractivity contribution in [2.45, 2.75) is 0 Å². The Morgan fingerprint density at radius 3 is 3.11 bits per heavy atom. The second-order valence-corrected chi connectivity index (χ2v) is 4.30. The highest BCUT2D eigenvalue weighted by molar-refractivity contribution is 6.31. The summed E-state index contributed by atoms with van der Waals surface area (Å²) >= 11 is 5.89. The number of halogens is 1. The number of carbonyl (C=O) groups excluding carboxylic acids is 2. The van der Waals surface area contributed by atoms with Crippen LogP contribution in [-0.2, 0) is 9.59 Å². The van der Waals surface area contributed by atoms with Crippen LogP contribution in [0, 0.1) is 12.3 Å². The smallest absolute Gasteiger partial charge is 0.265 e. The van der Waals surface area contributed by atoms with Gasteiger partial charge >= 0.3 is 0 Å². The molecule has 1 aromatic carbocycles. The van der Waals surface area contributed by atoms with Gasteiger partial charge < -0.3 is 10.1 Å². The van der Waals surface area contributed by atoms with Gasteiger partial charge in [-0.3, -0.25) is 14.5 Å². The lowest BCUT2D eigenvalue weighted by Gasteiger charge is -2.28. The first-order valence-electron chi connectivity index (χ1n) is 5.54. The number of amides is 2. The molecular formula is C13H11ClN2O3. The normalized spacial score (nSPS) is 13.3. The molecule has 0 bridgehead atoms. The monoisotopic (exact) mass is 278 g/mol. The van der Waals surface area contributed by atoms with Gasteiger partial charge in [0.25, 0.3) is 5.91 Å². The average Bonchev–Trinajstić information content (AvgIpc) is 2.40. The van der Waals surface area contributed by atoms with Crippen molar-refractivity contribution >= 4 is 29.1 Å². The minimum absolute atomic E-state index is 0.100. The summed E-state index contributed by atoms with van der Waals surface area (Å²) < 4.78 is 5.27. The molecule has 1 aliphatic rings. The van der Waals surface area contributed by atoms with Crippen LogP contribution in [-0.4, -0.2) is 31.5 Å². The molecule has 5 nitrogen and oxygen atoms in total. The molecule has 0 saturated carbocycles. The molecular weight excluding hydrogens is 268 g/mol. The second kappa shape index (κ2) is 5.63. The minimum atomic E-state index is -0.334. The zero-order valence-electron chi connectivity index (χ0n) is 9.98. The summed E-state index contributed by atoms with van der Waals surface area (Å²) in [5.74, 6) is 2.18. The van der Waals surface area contributed by atoms with Crippen LogP contribution in [0.15, 0.2) is 18.2 Å². The molecule has 19 heavy (non-hydrogen) atoms. The quantitative estimate of drug-likeness (QED) is 0.833. The third kappa shape index (κ3) is 2.98. The number of benzene rings is 1. The Labute approximate surface area is 115 Å². The highest BCUT2D eigenvalue weighted by atomic mass is 35.5. The topological polar surface area (TPSA) is 58.6 Å². The number of terminal acetylenes is 1.